The molecule has 0 radical (unpaired) electrons. The molecule has 0 aromatic heterocycles. The summed E-state index contributed by atoms with van der Waals surface area (Å²) in [5.41, 5.74) is 3.07. The maximum Gasteiger partial charge on any atom is 0.261 e. The number of nitrogens with zero attached hydrogens (tertiary/aromatic N) is 1. The quantitative estimate of drug-likeness (QED) is 0.267. The lowest BCUT2D eigenvalue weighted by Crippen LogP contribution is -2.53. The molecular weight excluding hydrogens is 472 g/mol. The lowest BCUT2D eigenvalue weighted by molar-refractivity contribution is -0.143. The second kappa shape index (κ2) is 12.9. The molecule has 0 bridgehead atoms. The van der Waals surface area contributed by atoms with E-state index in [2.05, 4.69) is 11.4 Å². The zero-order valence-electron chi connectivity index (χ0n) is 22.4. The van der Waals surface area contributed by atoms with Gasteiger partial charge in [0.2, 0.25) is 5.91 Å². The summed E-state index contributed by atoms with van der Waals surface area (Å²) in [4.78, 5) is 29.1. The standard InChI is InChI=1S/C33H36N2O3/c1-4-25(3)34-33(37)30(21-26-13-6-5-7-14-26)35(22-27-15-10-12-24(2)20-27)32(36)23-38-31-19-11-17-28-16-8-9-18-29(28)31/h5-20,25,30H,4,21-23H2,1-3H3,(H,34,37)/t25-,30-/m0/s1. The van der Waals surface area contributed by atoms with E-state index >= 15 is 0 Å². The number of carbonyl (C=O) groups is 2. The molecule has 5 nitrogen and oxygen atoms in total. The number of hydrogen-bond donors (Lipinski definition) is 1. The number of ether oxygens (including phenoxy) is 1. The first-order valence-corrected chi connectivity index (χ1v) is 13.2. The van der Waals surface area contributed by atoms with E-state index in [0.717, 1.165) is 33.9 Å². The van der Waals surface area contributed by atoms with E-state index in [0.29, 0.717) is 18.7 Å². The summed E-state index contributed by atoms with van der Waals surface area (Å²) in [5.74, 6) is 0.254. The molecule has 0 heterocycles. The van der Waals surface area contributed by atoms with Crippen LogP contribution < -0.4 is 10.1 Å². The van der Waals surface area contributed by atoms with Gasteiger partial charge in [-0.1, -0.05) is 103 Å². The Morgan fingerprint density at radius 2 is 1.55 bits per heavy atom. The van der Waals surface area contributed by atoms with Gasteiger partial charge >= 0.3 is 0 Å². The fourth-order valence-corrected chi connectivity index (χ4v) is 4.55. The average molecular weight is 509 g/mol. The minimum atomic E-state index is -0.685. The van der Waals surface area contributed by atoms with Crippen molar-refractivity contribution in [3.05, 3.63) is 114 Å². The van der Waals surface area contributed by atoms with E-state index in [1.54, 1.807) is 4.90 Å². The predicted octanol–water partition coefficient (Wildman–Crippen LogP) is 6.08. The number of rotatable bonds is 11. The van der Waals surface area contributed by atoms with E-state index in [4.69, 9.17) is 4.74 Å². The number of fused-ring (bicyclic) bond motifs is 1. The smallest absolute Gasteiger partial charge is 0.261 e. The van der Waals surface area contributed by atoms with Gasteiger partial charge < -0.3 is 15.0 Å². The average Bonchev–Trinajstić information content (AvgIpc) is 2.94. The summed E-state index contributed by atoms with van der Waals surface area (Å²) in [6, 6.07) is 30.9. The van der Waals surface area contributed by atoms with Crippen LogP contribution in [0.15, 0.2) is 97.1 Å². The van der Waals surface area contributed by atoms with Crippen LogP contribution in [0.3, 0.4) is 0 Å². The van der Waals surface area contributed by atoms with Gasteiger partial charge in [0.15, 0.2) is 6.61 Å². The molecule has 0 saturated heterocycles. The van der Waals surface area contributed by atoms with Crippen molar-refractivity contribution < 1.29 is 14.3 Å². The molecular formula is C33H36N2O3. The van der Waals surface area contributed by atoms with Crippen LogP contribution in [-0.4, -0.2) is 35.4 Å². The molecule has 0 unspecified atom stereocenters. The third-order valence-corrected chi connectivity index (χ3v) is 6.81. The summed E-state index contributed by atoms with van der Waals surface area (Å²) in [5, 5.41) is 5.10. The van der Waals surface area contributed by atoms with Crippen molar-refractivity contribution in [2.45, 2.75) is 52.2 Å². The van der Waals surface area contributed by atoms with Crippen molar-refractivity contribution in [1.82, 2.24) is 10.2 Å². The molecule has 2 atom stereocenters. The highest BCUT2D eigenvalue weighted by Crippen LogP contribution is 2.25. The van der Waals surface area contributed by atoms with Gasteiger partial charge in [0.05, 0.1) is 0 Å². The van der Waals surface area contributed by atoms with Crippen molar-refractivity contribution in [2.24, 2.45) is 0 Å². The molecule has 0 aliphatic rings. The Balaban J connectivity index is 1.65. The Labute approximate surface area is 225 Å². The Hall–Kier alpha value is -4.12. The highest BCUT2D eigenvalue weighted by Gasteiger charge is 2.31. The maximum atomic E-state index is 13.9. The van der Waals surface area contributed by atoms with E-state index in [-0.39, 0.29) is 24.5 Å². The Morgan fingerprint density at radius 1 is 0.868 bits per heavy atom. The third kappa shape index (κ3) is 7.00. The fraction of sp³-hybridized carbons (Fsp3) is 0.273. The Morgan fingerprint density at radius 3 is 2.32 bits per heavy atom. The Bertz CT molecular complexity index is 1360. The maximum absolute atomic E-state index is 13.9. The second-order valence-corrected chi connectivity index (χ2v) is 9.80. The summed E-state index contributed by atoms with van der Waals surface area (Å²) >= 11 is 0. The first kappa shape index (κ1) is 26.9. The predicted molar refractivity (Wildman–Crippen MR) is 153 cm³/mol. The fourth-order valence-electron chi connectivity index (χ4n) is 4.55. The third-order valence-electron chi connectivity index (χ3n) is 6.81. The number of amides is 2. The monoisotopic (exact) mass is 508 g/mol. The number of carbonyl (C=O) groups excluding carboxylic acids is 2. The zero-order chi connectivity index (χ0) is 26.9. The van der Waals surface area contributed by atoms with Gasteiger partial charge in [0, 0.05) is 24.4 Å². The highest BCUT2D eigenvalue weighted by atomic mass is 16.5. The normalized spacial score (nSPS) is 12.5. The SMILES string of the molecule is CC[C@H](C)NC(=O)[C@H](Cc1ccccc1)N(Cc1cccc(C)c1)C(=O)COc1cccc2ccccc12. The summed E-state index contributed by atoms with van der Waals surface area (Å²) in [6.45, 7) is 6.18. The highest BCUT2D eigenvalue weighted by molar-refractivity contribution is 5.90. The van der Waals surface area contributed by atoms with E-state index in [1.807, 2.05) is 112 Å². The van der Waals surface area contributed by atoms with Crippen molar-refractivity contribution >= 4 is 22.6 Å². The molecule has 0 saturated carbocycles. The second-order valence-electron chi connectivity index (χ2n) is 9.80. The van der Waals surface area contributed by atoms with Gasteiger partial charge in [-0.05, 0) is 42.8 Å². The lowest BCUT2D eigenvalue weighted by Gasteiger charge is -2.32. The molecule has 1 N–H and O–H groups in total. The number of benzene rings is 4. The van der Waals surface area contributed by atoms with Gasteiger partial charge in [-0.15, -0.1) is 0 Å². The molecule has 5 heteroatoms. The van der Waals surface area contributed by atoms with Gasteiger partial charge in [-0.2, -0.15) is 0 Å². The number of hydrogen-bond acceptors (Lipinski definition) is 3. The summed E-state index contributed by atoms with van der Waals surface area (Å²) in [7, 11) is 0. The van der Waals surface area contributed by atoms with Crippen molar-refractivity contribution in [3.63, 3.8) is 0 Å². The minimum absolute atomic E-state index is 0.00336. The number of nitrogens with one attached hydrogen (secondary N) is 1. The van der Waals surface area contributed by atoms with E-state index in [9.17, 15) is 9.59 Å². The molecule has 38 heavy (non-hydrogen) atoms. The van der Waals surface area contributed by atoms with E-state index < -0.39 is 6.04 Å². The first-order valence-electron chi connectivity index (χ1n) is 13.2. The van der Waals surface area contributed by atoms with Crippen LogP contribution in [0.5, 0.6) is 5.75 Å². The van der Waals surface area contributed by atoms with Crippen LogP contribution in [0.25, 0.3) is 10.8 Å². The van der Waals surface area contributed by atoms with Crippen molar-refractivity contribution in [3.8, 4) is 5.75 Å². The van der Waals surface area contributed by atoms with Crippen molar-refractivity contribution in [2.75, 3.05) is 6.61 Å². The molecule has 0 aliphatic carbocycles. The van der Waals surface area contributed by atoms with Gasteiger partial charge in [-0.25, -0.2) is 0 Å². The molecule has 196 valence electrons. The summed E-state index contributed by atoms with van der Waals surface area (Å²) in [6.07, 6.45) is 1.22. The van der Waals surface area contributed by atoms with Crippen LogP contribution >= 0.6 is 0 Å². The molecule has 4 rings (SSSR count). The molecule has 2 amide bonds. The van der Waals surface area contributed by atoms with Crippen LogP contribution in [0.1, 0.15) is 37.0 Å². The van der Waals surface area contributed by atoms with Crippen LogP contribution in [-0.2, 0) is 22.6 Å². The summed E-state index contributed by atoms with van der Waals surface area (Å²) < 4.78 is 6.08. The molecule has 0 aliphatic heterocycles. The van der Waals surface area contributed by atoms with Crippen LogP contribution in [0.2, 0.25) is 0 Å². The van der Waals surface area contributed by atoms with Crippen LogP contribution in [0.4, 0.5) is 0 Å². The van der Waals surface area contributed by atoms with Gasteiger partial charge in [0.25, 0.3) is 5.91 Å². The largest absolute Gasteiger partial charge is 0.483 e. The molecule has 4 aromatic rings. The van der Waals surface area contributed by atoms with Gasteiger partial charge in [-0.3, -0.25) is 9.59 Å². The molecule has 0 spiro atoms. The van der Waals surface area contributed by atoms with Gasteiger partial charge in [0.1, 0.15) is 11.8 Å². The van der Waals surface area contributed by atoms with Crippen molar-refractivity contribution in [1.29, 1.82) is 0 Å². The lowest BCUT2D eigenvalue weighted by atomic mass is 10.0. The molecule has 4 aromatic carbocycles. The topological polar surface area (TPSA) is 58.6 Å². The van der Waals surface area contributed by atoms with Crippen LogP contribution in [0, 0.1) is 6.92 Å². The van der Waals surface area contributed by atoms with E-state index in [1.165, 1.54) is 0 Å². The molecule has 0 fully saturated rings. The minimum Gasteiger partial charge on any atom is -0.483 e. The first-order chi connectivity index (χ1) is 18.4. The Kier molecular flexibility index (Phi) is 9.15. The zero-order valence-corrected chi connectivity index (χ0v) is 22.4. The number of aryl methyl sites for hydroxylation is 1.